The largest absolute Gasteiger partial charge is 0.334 e. The summed E-state index contributed by atoms with van der Waals surface area (Å²) in [4.78, 5) is 12.2. The highest BCUT2D eigenvalue weighted by molar-refractivity contribution is 7.99. The number of carbonyl (C=O) groups is 1. The molecule has 3 rings (SSSR count). The highest BCUT2D eigenvalue weighted by Gasteiger charge is 2.12. The van der Waals surface area contributed by atoms with Gasteiger partial charge in [0.25, 0.3) is 5.95 Å². The maximum absolute atomic E-state index is 12.2. The molecule has 0 radical (unpaired) electrons. The number of aryl methyl sites for hydroxylation is 1. The average Bonchev–Trinajstić information content (AvgIpc) is 3.05. The Bertz CT molecular complexity index is 1050. The Hall–Kier alpha value is -2.75. The Morgan fingerprint density at radius 2 is 2.03 bits per heavy atom. The van der Waals surface area contributed by atoms with Crippen molar-refractivity contribution in [3.05, 3.63) is 63.6 Å². The molecule has 0 fully saturated rings. The first-order valence-corrected chi connectivity index (χ1v) is 10.1. The van der Waals surface area contributed by atoms with Gasteiger partial charge >= 0.3 is 0 Å². The van der Waals surface area contributed by atoms with Gasteiger partial charge in [0.1, 0.15) is 0 Å². The minimum Gasteiger partial charge on any atom is -0.334 e. The predicted octanol–water partition coefficient (Wildman–Crippen LogP) is 3.78. The second kappa shape index (κ2) is 9.64. The number of benzene rings is 2. The van der Waals surface area contributed by atoms with E-state index in [1.165, 1.54) is 10.9 Å². The number of nitrogens with zero attached hydrogens (tertiary/aromatic N) is 4. The minimum atomic E-state index is -0.171. The molecule has 150 valence electrons. The molecule has 29 heavy (non-hydrogen) atoms. The van der Waals surface area contributed by atoms with Crippen LogP contribution in [-0.2, 0) is 4.79 Å². The smallest absolute Gasteiger partial charge is 0.264 e. The van der Waals surface area contributed by atoms with Crippen molar-refractivity contribution in [3.63, 3.8) is 0 Å². The number of halogens is 2. The molecule has 11 heteroatoms. The molecule has 2 aromatic carbocycles. The van der Waals surface area contributed by atoms with E-state index in [0.29, 0.717) is 20.8 Å². The summed E-state index contributed by atoms with van der Waals surface area (Å²) in [5.74, 6) is 6.12. The van der Waals surface area contributed by atoms with Crippen LogP contribution in [0.25, 0.3) is 0 Å². The van der Waals surface area contributed by atoms with Crippen molar-refractivity contribution in [2.45, 2.75) is 12.1 Å². The lowest BCUT2D eigenvalue weighted by Crippen LogP contribution is -2.17. The minimum absolute atomic E-state index is 0.130. The Morgan fingerprint density at radius 3 is 2.83 bits per heavy atom. The third kappa shape index (κ3) is 5.41. The summed E-state index contributed by atoms with van der Waals surface area (Å²) in [6.45, 7) is 1.92. The molecular formula is C18H17Cl2N7OS. The molecule has 1 amide bonds. The third-order valence-electron chi connectivity index (χ3n) is 3.77. The summed E-state index contributed by atoms with van der Waals surface area (Å²) >= 11 is 13.2. The van der Waals surface area contributed by atoms with E-state index < -0.39 is 0 Å². The van der Waals surface area contributed by atoms with Crippen molar-refractivity contribution in [3.8, 4) is 0 Å². The van der Waals surface area contributed by atoms with E-state index in [9.17, 15) is 4.79 Å². The molecule has 0 aliphatic heterocycles. The van der Waals surface area contributed by atoms with Crippen molar-refractivity contribution in [2.24, 2.45) is 5.10 Å². The Labute approximate surface area is 181 Å². The molecule has 4 N–H and O–H groups in total. The number of nitrogen functional groups attached to an aromatic ring is 1. The number of nitrogens with two attached hydrogens (primary N) is 1. The number of hydrogen-bond acceptors (Lipinski definition) is 7. The zero-order chi connectivity index (χ0) is 20.8. The SMILES string of the molecule is Cc1ccccc1NC(=O)CSc1nnc(N/N=C/c2cccc(Cl)c2Cl)n1N. The van der Waals surface area contributed by atoms with Crippen LogP contribution in [0.4, 0.5) is 11.6 Å². The van der Waals surface area contributed by atoms with E-state index in [2.05, 4.69) is 26.0 Å². The van der Waals surface area contributed by atoms with Crippen molar-refractivity contribution in [2.75, 3.05) is 22.3 Å². The quantitative estimate of drug-likeness (QED) is 0.219. The average molecular weight is 450 g/mol. The number of hydrazone groups is 1. The van der Waals surface area contributed by atoms with Gasteiger partial charge in [0.15, 0.2) is 0 Å². The first-order chi connectivity index (χ1) is 14.0. The topological polar surface area (TPSA) is 110 Å². The van der Waals surface area contributed by atoms with Crippen LogP contribution in [0.3, 0.4) is 0 Å². The van der Waals surface area contributed by atoms with Crippen molar-refractivity contribution < 1.29 is 4.79 Å². The lowest BCUT2D eigenvalue weighted by atomic mass is 10.2. The molecular weight excluding hydrogens is 433 g/mol. The summed E-state index contributed by atoms with van der Waals surface area (Å²) in [5.41, 5.74) is 5.07. The number of anilines is 2. The van der Waals surface area contributed by atoms with Gasteiger partial charge in [-0.25, -0.2) is 10.1 Å². The van der Waals surface area contributed by atoms with E-state index in [1.807, 2.05) is 31.2 Å². The number of carbonyl (C=O) groups excluding carboxylic acids is 1. The molecule has 0 bridgehead atoms. The van der Waals surface area contributed by atoms with Crippen LogP contribution in [0, 0.1) is 6.92 Å². The van der Waals surface area contributed by atoms with Crippen LogP contribution in [0.5, 0.6) is 0 Å². The number of amides is 1. The van der Waals surface area contributed by atoms with Gasteiger partial charge < -0.3 is 11.2 Å². The van der Waals surface area contributed by atoms with Crippen LogP contribution >= 0.6 is 35.0 Å². The zero-order valence-electron chi connectivity index (χ0n) is 15.3. The van der Waals surface area contributed by atoms with Gasteiger partial charge in [0.2, 0.25) is 11.1 Å². The summed E-state index contributed by atoms with van der Waals surface area (Å²) < 4.78 is 1.21. The maximum atomic E-state index is 12.2. The third-order valence-corrected chi connectivity index (χ3v) is 5.54. The summed E-state index contributed by atoms with van der Waals surface area (Å²) in [6, 6.07) is 12.8. The van der Waals surface area contributed by atoms with Gasteiger partial charge in [-0.1, -0.05) is 65.3 Å². The maximum Gasteiger partial charge on any atom is 0.264 e. The van der Waals surface area contributed by atoms with E-state index in [0.717, 1.165) is 23.0 Å². The molecule has 0 spiro atoms. The number of para-hydroxylation sites is 1. The predicted molar refractivity (Wildman–Crippen MR) is 118 cm³/mol. The second-order valence-electron chi connectivity index (χ2n) is 5.84. The second-order valence-corrected chi connectivity index (χ2v) is 7.57. The van der Waals surface area contributed by atoms with Gasteiger partial charge in [0.05, 0.1) is 22.0 Å². The molecule has 1 heterocycles. The monoisotopic (exact) mass is 449 g/mol. The molecule has 0 unspecified atom stereocenters. The van der Waals surface area contributed by atoms with Gasteiger partial charge in [0, 0.05) is 11.3 Å². The zero-order valence-corrected chi connectivity index (χ0v) is 17.6. The fourth-order valence-electron chi connectivity index (χ4n) is 2.26. The Morgan fingerprint density at radius 1 is 1.24 bits per heavy atom. The summed E-state index contributed by atoms with van der Waals surface area (Å²) in [7, 11) is 0. The first-order valence-electron chi connectivity index (χ1n) is 8.37. The van der Waals surface area contributed by atoms with E-state index in [1.54, 1.807) is 18.2 Å². The molecule has 3 aromatic rings. The van der Waals surface area contributed by atoms with Crippen molar-refractivity contribution in [1.29, 1.82) is 0 Å². The lowest BCUT2D eigenvalue weighted by molar-refractivity contribution is -0.113. The van der Waals surface area contributed by atoms with Gasteiger partial charge in [-0.2, -0.15) is 5.10 Å². The molecule has 0 saturated carbocycles. The number of hydrogen-bond donors (Lipinski definition) is 3. The lowest BCUT2D eigenvalue weighted by Gasteiger charge is -2.07. The molecule has 1 aromatic heterocycles. The van der Waals surface area contributed by atoms with Crippen molar-refractivity contribution in [1.82, 2.24) is 14.9 Å². The van der Waals surface area contributed by atoms with Gasteiger partial charge in [-0.05, 0) is 24.6 Å². The van der Waals surface area contributed by atoms with Crippen molar-refractivity contribution >= 4 is 58.7 Å². The standard InChI is InChI=1S/C18H17Cl2N7OS/c1-11-5-2-3-8-14(11)23-15(28)10-29-18-26-25-17(27(18)21)24-22-9-12-6-4-7-13(19)16(12)20/h2-9H,10,21H2,1H3,(H,23,28)(H,24,25)/b22-9+. The van der Waals surface area contributed by atoms with Gasteiger partial charge in [-0.3, -0.25) is 4.79 Å². The van der Waals surface area contributed by atoms with Crippen LogP contribution in [0.2, 0.25) is 10.0 Å². The molecule has 0 aliphatic rings. The van der Waals surface area contributed by atoms with Gasteiger partial charge in [-0.15, -0.1) is 10.2 Å². The summed E-state index contributed by atoms with van der Waals surface area (Å²) in [5, 5.41) is 15.9. The fraction of sp³-hybridized carbons (Fsp3) is 0.111. The molecule has 0 atom stereocenters. The Balaban J connectivity index is 1.56. The number of thioether (sulfide) groups is 1. The fourth-order valence-corrected chi connectivity index (χ4v) is 3.27. The van der Waals surface area contributed by atoms with Crippen LogP contribution in [0.1, 0.15) is 11.1 Å². The first kappa shape index (κ1) is 21.0. The highest BCUT2D eigenvalue weighted by atomic mass is 35.5. The van der Waals surface area contributed by atoms with E-state index in [-0.39, 0.29) is 17.6 Å². The summed E-state index contributed by atoms with van der Waals surface area (Å²) in [6.07, 6.45) is 1.49. The highest BCUT2D eigenvalue weighted by Crippen LogP contribution is 2.24. The normalized spacial score (nSPS) is 11.0. The molecule has 0 saturated heterocycles. The number of nitrogens with one attached hydrogen (secondary N) is 2. The van der Waals surface area contributed by atoms with E-state index in [4.69, 9.17) is 29.0 Å². The molecule has 8 nitrogen and oxygen atoms in total. The molecule has 0 aliphatic carbocycles. The van der Waals surface area contributed by atoms with Crippen LogP contribution in [0.15, 0.2) is 52.7 Å². The van der Waals surface area contributed by atoms with Crippen LogP contribution in [-0.4, -0.2) is 32.7 Å². The van der Waals surface area contributed by atoms with E-state index >= 15 is 0 Å². The van der Waals surface area contributed by atoms with Crippen LogP contribution < -0.4 is 16.6 Å². The number of rotatable bonds is 7. The Kier molecular flexibility index (Phi) is 6.97. The number of aromatic nitrogens is 3.